The van der Waals surface area contributed by atoms with Crippen LogP contribution < -0.4 is 5.19 Å². The van der Waals surface area contributed by atoms with Crippen LogP contribution in [-0.4, -0.2) is 18.0 Å². The van der Waals surface area contributed by atoms with Gasteiger partial charge in [0, 0.05) is 37.9 Å². The van der Waals surface area contributed by atoms with Crippen LogP contribution in [-0.2, 0) is 20.1 Å². The molecular weight excluding hydrogens is 757 g/mol. The summed E-state index contributed by atoms with van der Waals surface area (Å²) >= 11 is 0. The Balaban J connectivity index is 0.000000182. The summed E-state index contributed by atoms with van der Waals surface area (Å²) in [7, 11) is -1.35. The molecule has 1 radical (unpaired) electrons. The monoisotopic (exact) mass is 795 g/mol. The van der Waals surface area contributed by atoms with Crippen molar-refractivity contribution in [3.63, 3.8) is 0 Å². The number of nitrogens with zero attached hydrogens (tertiary/aromatic N) is 2. The molecule has 0 unspecified atom stereocenters. The molecule has 0 aliphatic rings. The van der Waals surface area contributed by atoms with E-state index in [1.807, 2.05) is 48.5 Å². The smallest absolute Gasteiger partial charge is 0.121 e. The van der Waals surface area contributed by atoms with Crippen LogP contribution in [0.3, 0.4) is 0 Å². The molecule has 0 bridgehead atoms. The van der Waals surface area contributed by atoms with Crippen molar-refractivity contribution >= 4 is 35.2 Å². The van der Waals surface area contributed by atoms with Gasteiger partial charge in [0.1, 0.15) is 5.58 Å². The van der Waals surface area contributed by atoms with Crippen LogP contribution in [0.15, 0.2) is 120 Å². The van der Waals surface area contributed by atoms with Crippen molar-refractivity contribution in [1.82, 2.24) is 9.97 Å². The van der Waals surface area contributed by atoms with E-state index in [0.717, 1.165) is 50.0 Å². The predicted octanol–water partition coefficient (Wildman–Crippen LogP) is 10.6. The maximum atomic E-state index is 6.23. The Morgan fingerprint density at radius 2 is 1.52 bits per heavy atom. The van der Waals surface area contributed by atoms with Crippen LogP contribution in [0.5, 0.6) is 0 Å². The molecule has 233 valence electrons. The van der Waals surface area contributed by atoms with E-state index in [0.29, 0.717) is 5.92 Å². The minimum Gasteiger partial charge on any atom is -0.501 e. The van der Waals surface area contributed by atoms with E-state index in [1.54, 1.807) is 6.20 Å². The Labute approximate surface area is 287 Å². The summed E-state index contributed by atoms with van der Waals surface area (Å²) in [6.07, 6.45) is 3.89. The zero-order valence-electron chi connectivity index (χ0n) is 27.2. The van der Waals surface area contributed by atoms with Crippen molar-refractivity contribution in [2.24, 2.45) is 0 Å². The fourth-order valence-corrected chi connectivity index (χ4v) is 7.32. The molecule has 7 rings (SSSR count). The number of aromatic nitrogens is 2. The van der Waals surface area contributed by atoms with Crippen LogP contribution in [0.4, 0.5) is 0 Å². The van der Waals surface area contributed by atoms with Gasteiger partial charge >= 0.3 is 0 Å². The summed E-state index contributed by atoms with van der Waals surface area (Å²) < 4.78 is 6.23. The maximum absolute atomic E-state index is 6.23. The first-order valence-corrected chi connectivity index (χ1v) is 19.0. The largest absolute Gasteiger partial charge is 0.501 e. The Morgan fingerprint density at radius 1 is 0.739 bits per heavy atom. The number of pyridine rings is 2. The fraction of sp³-hybridized carbons (Fsp3) is 0.171. The van der Waals surface area contributed by atoms with Gasteiger partial charge in [0.05, 0.1) is 13.7 Å². The van der Waals surface area contributed by atoms with Gasteiger partial charge in [-0.1, -0.05) is 118 Å². The van der Waals surface area contributed by atoms with Gasteiger partial charge in [0.15, 0.2) is 0 Å². The van der Waals surface area contributed by atoms with E-state index in [4.69, 9.17) is 9.40 Å². The van der Waals surface area contributed by atoms with Crippen LogP contribution in [0.25, 0.3) is 55.6 Å². The molecule has 0 amide bonds. The van der Waals surface area contributed by atoms with E-state index in [1.165, 1.54) is 21.9 Å². The van der Waals surface area contributed by atoms with E-state index < -0.39 is 8.07 Å². The molecule has 0 spiro atoms. The van der Waals surface area contributed by atoms with Crippen LogP contribution in [0, 0.1) is 19.1 Å². The third-order valence-electron chi connectivity index (χ3n) is 8.07. The van der Waals surface area contributed by atoms with Crippen molar-refractivity contribution in [3.8, 4) is 33.6 Å². The molecule has 0 saturated heterocycles. The average Bonchev–Trinajstić information content (AvgIpc) is 3.44. The van der Waals surface area contributed by atoms with E-state index in [2.05, 4.69) is 118 Å². The molecule has 0 aliphatic carbocycles. The number of fused-ring (bicyclic) bond motifs is 3. The molecule has 0 fully saturated rings. The van der Waals surface area contributed by atoms with E-state index in [-0.39, 0.29) is 20.1 Å². The number of furan rings is 1. The second-order valence-corrected chi connectivity index (χ2v) is 17.9. The Bertz CT molecular complexity index is 2060. The molecule has 7 aromatic rings. The molecule has 3 heterocycles. The normalized spacial score (nSPS) is 11.3. The van der Waals surface area contributed by atoms with Gasteiger partial charge in [-0.2, -0.15) is 0 Å². The second kappa shape index (κ2) is 14.1. The zero-order chi connectivity index (χ0) is 31.6. The first kappa shape index (κ1) is 33.2. The zero-order valence-corrected chi connectivity index (χ0v) is 30.6. The van der Waals surface area contributed by atoms with Crippen molar-refractivity contribution in [3.05, 3.63) is 139 Å². The van der Waals surface area contributed by atoms with Gasteiger partial charge in [-0.25, -0.2) is 0 Å². The van der Waals surface area contributed by atoms with Crippen molar-refractivity contribution in [2.45, 2.75) is 46.3 Å². The Kier molecular flexibility index (Phi) is 10.2. The van der Waals surface area contributed by atoms with Gasteiger partial charge in [-0.15, -0.1) is 53.6 Å². The van der Waals surface area contributed by atoms with Crippen molar-refractivity contribution < 1.29 is 24.5 Å². The number of hydrogen-bond donors (Lipinski definition) is 0. The fourth-order valence-electron chi connectivity index (χ4n) is 5.64. The van der Waals surface area contributed by atoms with Crippen LogP contribution in [0.2, 0.25) is 19.6 Å². The van der Waals surface area contributed by atoms with Crippen molar-refractivity contribution in [2.75, 3.05) is 0 Å². The molecule has 5 heteroatoms. The van der Waals surface area contributed by atoms with Gasteiger partial charge in [0.25, 0.3) is 0 Å². The average molecular weight is 795 g/mol. The first-order chi connectivity index (χ1) is 21.7. The summed E-state index contributed by atoms with van der Waals surface area (Å²) in [4.78, 5) is 9.13. The molecule has 0 atom stereocenters. The maximum Gasteiger partial charge on any atom is 0.121 e. The number of hydrogen-bond acceptors (Lipinski definition) is 3. The molecule has 0 aliphatic heterocycles. The Hall–Kier alpha value is -4.15. The third kappa shape index (κ3) is 7.13. The molecule has 0 saturated carbocycles. The van der Waals surface area contributed by atoms with Gasteiger partial charge in [-0.05, 0) is 45.8 Å². The van der Waals surface area contributed by atoms with Crippen LogP contribution in [0.1, 0.15) is 30.9 Å². The summed E-state index contributed by atoms with van der Waals surface area (Å²) in [5, 5.41) is 3.68. The topological polar surface area (TPSA) is 38.9 Å². The van der Waals surface area contributed by atoms with Crippen molar-refractivity contribution in [1.29, 1.82) is 0 Å². The predicted molar refractivity (Wildman–Crippen MR) is 192 cm³/mol. The minimum atomic E-state index is -1.35. The summed E-state index contributed by atoms with van der Waals surface area (Å²) in [6, 6.07) is 41.7. The van der Waals surface area contributed by atoms with Gasteiger partial charge < -0.3 is 14.4 Å². The van der Waals surface area contributed by atoms with Gasteiger partial charge in [-0.3, -0.25) is 0 Å². The second-order valence-electron chi connectivity index (χ2n) is 12.8. The number of rotatable bonds is 5. The molecule has 0 N–H and O–H groups in total. The standard InChI is InChI=1S/C23H14NO.C18H24NSi.Ir/c1-2-7-16(8-3-1)17-12-13-18-19-9-6-10-20(21-11-4-5-14-24-21)23(19)25-22(18)15-17;1-13(2)16-11-17(15-9-7-14(3)8-10-15)19-12-18(16)20(4,5)6;/h1-9,11-15H;7-9,11-13H,1-6H3;/q2*-1;. The third-order valence-corrected chi connectivity index (χ3v) is 10.1. The number of benzene rings is 4. The quantitative estimate of drug-likeness (QED) is 0.129. The summed E-state index contributed by atoms with van der Waals surface area (Å²) in [6.45, 7) is 13.8. The molecule has 3 aromatic heterocycles. The molecular formula is C41H38IrN2OSi-2. The van der Waals surface area contributed by atoms with Gasteiger partial charge in [0.2, 0.25) is 0 Å². The van der Waals surface area contributed by atoms with E-state index >= 15 is 0 Å². The first-order valence-electron chi connectivity index (χ1n) is 15.5. The Morgan fingerprint density at radius 3 is 2.20 bits per heavy atom. The number of aryl methyl sites for hydroxylation is 1. The molecule has 3 nitrogen and oxygen atoms in total. The minimum absolute atomic E-state index is 0. The molecule has 4 aromatic carbocycles. The van der Waals surface area contributed by atoms with Crippen LogP contribution >= 0.6 is 0 Å². The SMILES string of the molecule is Cc1c[c-]c(-c2cc(C(C)C)c([Si](C)(C)C)cn2)cc1.[Ir].[c-]1ccc2c(oc3cc(-c4ccccc4)ccc32)c1-c1ccccn1. The summed E-state index contributed by atoms with van der Waals surface area (Å²) in [5.74, 6) is 0.531. The molecule has 46 heavy (non-hydrogen) atoms. The summed E-state index contributed by atoms with van der Waals surface area (Å²) in [5.41, 5.74) is 10.6. The van der Waals surface area contributed by atoms with E-state index in [9.17, 15) is 0 Å².